The highest BCUT2D eigenvalue weighted by Crippen LogP contribution is 2.35. The molecule has 1 unspecified atom stereocenters. The standard InChI is InChI=1S/C10H18O/c1-5-10(4)7-6-9(2,3)8-11-10/h5H,1,6-8H2,2-4H3. The van der Waals surface area contributed by atoms with Crippen molar-refractivity contribution in [2.45, 2.75) is 39.2 Å². The van der Waals surface area contributed by atoms with Crippen LogP contribution in [0.25, 0.3) is 0 Å². The first kappa shape index (κ1) is 8.79. The fourth-order valence-electron chi connectivity index (χ4n) is 1.25. The first-order chi connectivity index (χ1) is 4.97. The first-order valence-corrected chi connectivity index (χ1v) is 4.25. The molecule has 1 atom stereocenters. The third-order valence-electron chi connectivity index (χ3n) is 2.52. The van der Waals surface area contributed by atoms with E-state index in [1.807, 2.05) is 6.08 Å². The average Bonchev–Trinajstić information content (AvgIpc) is 1.97. The van der Waals surface area contributed by atoms with E-state index in [2.05, 4.69) is 27.4 Å². The molecule has 1 heterocycles. The molecule has 0 spiro atoms. The summed E-state index contributed by atoms with van der Waals surface area (Å²) in [7, 11) is 0. The van der Waals surface area contributed by atoms with Gasteiger partial charge in [-0.15, -0.1) is 6.58 Å². The summed E-state index contributed by atoms with van der Waals surface area (Å²) in [6, 6.07) is 0. The average molecular weight is 154 g/mol. The molecular weight excluding hydrogens is 136 g/mol. The van der Waals surface area contributed by atoms with Gasteiger partial charge in [-0.25, -0.2) is 0 Å². The minimum atomic E-state index is -0.0600. The van der Waals surface area contributed by atoms with Gasteiger partial charge in [0.2, 0.25) is 0 Å². The lowest BCUT2D eigenvalue weighted by molar-refractivity contribution is -0.0846. The molecule has 0 N–H and O–H groups in total. The molecule has 0 bridgehead atoms. The van der Waals surface area contributed by atoms with Gasteiger partial charge in [-0.2, -0.15) is 0 Å². The maximum absolute atomic E-state index is 5.71. The highest BCUT2D eigenvalue weighted by atomic mass is 16.5. The van der Waals surface area contributed by atoms with Gasteiger partial charge in [-0.1, -0.05) is 19.9 Å². The monoisotopic (exact) mass is 154 g/mol. The van der Waals surface area contributed by atoms with Crippen molar-refractivity contribution in [3.05, 3.63) is 12.7 Å². The molecule has 1 nitrogen and oxygen atoms in total. The summed E-state index contributed by atoms with van der Waals surface area (Å²) in [5.41, 5.74) is 0.304. The molecule has 1 rings (SSSR count). The van der Waals surface area contributed by atoms with Gasteiger partial charge >= 0.3 is 0 Å². The Labute approximate surface area is 69.4 Å². The number of hydrogen-bond acceptors (Lipinski definition) is 1. The molecule has 1 fully saturated rings. The Kier molecular flexibility index (Phi) is 2.10. The Morgan fingerprint density at radius 3 is 2.27 bits per heavy atom. The molecular formula is C10H18O. The number of ether oxygens (including phenoxy) is 1. The molecule has 0 aromatic carbocycles. The third kappa shape index (κ3) is 2.06. The van der Waals surface area contributed by atoms with E-state index in [-0.39, 0.29) is 5.60 Å². The van der Waals surface area contributed by atoms with Crippen LogP contribution >= 0.6 is 0 Å². The summed E-state index contributed by atoms with van der Waals surface area (Å²) in [6.45, 7) is 11.2. The predicted molar refractivity (Wildman–Crippen MR) is 47.6 cm³/mol. The van der Waals surface area contributed by atoms with Crippen molar-refractivity contribution < 1.29 is 4.74 Å². The van der Waals surface area contributed by atoms with Crippen molar-refractivity contribution in [3.8, 4) is 0 Å². The predicted octanol–water partition coefficient (Wildman–Crippen LogP) is 2.77. The van der Waals surface area contributed by atoms with Crippen LogP contribution in [0.1, 0.15) is 33.6 Å². The molecule has 64 valence electrons. The van der Waals surface area contributed by atoms with Crippen LogP contribution < -0.4 is 0 Å². The maximum Gasteiger partial charge on any atom is 0.0832 e. The van der Waals surface area contributed by atoms with E-state index < -0.39 is 0 Å². The molecule has 1 aliphatic heterocycles. The van der Waals surface area contributed by atoms with Crippen LogP contribution in [0.4, 0.5) is 0 Å². The second-order valence-electron chi connectivity index (χ2n) is 4.47. The van der Waals surface area contributed by atoms with E-state index in [4.69, 9.17) is 4.74 Å². The number of hydrogen-bond donors (Lipinski definition) is 0. The molecule has 0 saturated carbocycles. The third-order valence-corrected chi connectivity index (χ3v) is 2.52. The Bertz CT molecular complexity index is 148. The van der Waals surface area contributed by atoms with Gasteiger partial charge in [0, 0.05) is 0 Å². The van der Waals surface area contributed by atoms with Gasteiger partial charge in [-0.3, -0.25) is 0 Å². The molecule has 1 saturated heterocycles. The highest BCUT2D eigenvalue weighted by molar-refractivity contribution is 4.97. The molecule has 0 radical (unpaired) electrons. The Morgan fingerprint density at radius 1 is 1.27 bits per heavy atom. The van der Waals surface area contributed by atoms with E-state index in [9.17, 15) is 0 Å². The minimum absolute atomic E-state index is 0.0600. The Hall–Kier alpha value is -0.300. The van der Waals surface area contributed by atoms with Crippen molar-refractivity contribution in [2.24, 2.45) is 5.41 Å². The molecule has 0 aliphatic carbocycles. The lowest BCUT2D eigenvalue weighted by atomic mass is 9.81. The zero-order valence-electron chi connectivity index (χ0n) is 7.81. The quantitative estimate of drug-likeness (QED) is 0.528. The summed E-state index contributed by atoms with van der Waals surface area (Å²) in [5, 5.41) is 0. The summed E-state index contributed by atoms with van der Waals surface area (Å²) in [4.78, 5) is 0. The fourth-order valence-corrected chi connectivity index (χ4v) is 1.25. The lowest BCUT2D eigenvalue weighted by Gasteiger charge is -2.39. The van der Waals surface area contributed by atoms with Crippen LogP contribution in [-0.4, -0.2) is 12.2 Å². The number of rotatable bonds is 1. The molecule has 1 aliphatic rings. The maximum atomic E-state index is 5.71. The molecule has 0 amide bonds. The van der Waals surface area contributed by atoms with Gasteiger partial charge in [-0.05, 0) is 25.2 Å². The lowest BCUT2D eigenvalue weighted by Crippen LogP contribution is -2.38. The normalized spacial score (nSPS) is 36.6. The van der Waals surface area contributed by atoms with Crippen LogP contribution in [0, 0.1) is 5.41 Å². The summed E-state index contributed by atoms with van der Waals surface area (Å²) >= 11 is 0. The first-order valence-electron chi connectivity index (χ1n) is 4.25. The Balaban J connectivity index is 2.54. The second kappa shape index (κ2) is 2.63. The topological polar surface area (TPSA) is 9.23 Å². The Morgan fingerprint density at radius 2 is 1.91 bits per heavy atom. The minimum Gasteiger partial charge on any atom is -0.371 e. The summed E-state index contributed by atoms with van der Waals surface area (Å²) in [5.74, 6) is 0. The zero-order valence-corrected chi connectivity index (χ0v) is 7.81. The molecule has 1 heteroatoms. The van der Waals surface area contributed by atoms with Crippen molar-refractivity contribution >= 4 is 0 Å². The van der Waals surface area contributed by atoms with Crippen molar-refractivity contribution in [3.63, 3.8) is 0 Å². The second-order valence-corrected chi connectivity index (χ2v) is 4.47. The summed E-state index contributed by atoms with van der Waals surface area (Å²) in [6.07, 6.45) is 4.25. The highest BCUT2D eigenvalue weighted by Gasteiger charge is 2.33. The van der Waals surface area contributed by atoms with E-state index in [1.54, 1.807) is 0 Å². The molecule has 0 aromatic rings. The van der Waals surface area contributed by atoms with Crippen LogP contribution in [-0.2, 0) is 4.74 Å². The van der Waals surface area contributed by atoms with E-state index in [0.717, 1.165) is 13.0 Å². The van der Waals surface area contributed by atoms with Crippen LogP contribution in [0.2, 0.25) is 0 Å². The zero-order chi connectivity index (χ0) is 8.54. The fraction of sp³-hybridized carbons (Fsp3) is 0.800. The van der Waals surface area contributed by atoms with Crippen LogP contribution in [0.15, 0.2) is 12.7 Å². The van der Waals surface area contributed by atoms with E-state index in [1.165, 1.54) is 6.42 Å². The van der Waals surface area contributed by atoms with Crippen LogP contribution in [0.5, 0.6) is 0 Å². The van der Waals surface area contributed by atoms with Crippen molar-refractivity contribution in [2.75, 3.05) is 6.61 Å². The smallest absolute Gasteiger partial charge is 0.0832 e. The summed E-state index contributed by atoms with van der Waals surface area (Å²) < 4.78 is 5.71. The van der Waals surface area contributed by atoms with E-state index in [0.29, 0.717) is 5.41 Å². The van der Waals surface area contributed by atoms with Gasteiger partial charge in [0.1, 0.15) is 0 Å². The van der Waals surface area contributed by atoms with Crippen molar-refractivity contribution in [1.82, 2.24) is 0 Å². The van der Waals surface area contributed by atoms with Gasteiger partial charge in [0.05, 0.1) is 12.2 Å². The molecule has 0 aromatic heterocycles. The van der Waals surface area contributed by atoms with E-state index >= 15 is 0 Å². The van der Waals surface area contributed by atoms with Crippen molar-refractivity contribution in [1.29, 1.82) is 0 Å². The van der Waals surface area contributed by atoms with Gasteiger partial charge in [0.25, 0.3) is 0 Å². The van der Waals surface area contributed by atoms with Gasteiger partial charge < -0.3 is 4.74 Å². The largest absolute Gasteiger partial charge is 0.371 e. The van der Waals surface area contributed by atoms with Crippen LogP contribution in [0.3, 0.4) is 0 Å². The molecule has 11 heavy (non-hydrogen) atoms. The van der Waals surface area contributed by atoms with Gasteiger partial charge in [0.15, 0.2) is 0 Å². The SMILES string of the molecule is C=CC1(C)CCC(C)(C)CO1.